The third kappa shape index (κ3) is 59.2. The summed E-state index contributed by atoms with van der Waals surface area (Å²) in [6.45, 7) is 4.94. The van der Waals surface area contributed by atoms with Crippen molar-refractivity contribution in [1.82, 2.24) is 5.32 Å². The van der Waals surface area contributed by atoms with E-state index in [4.69, 9.17) is 4.74 Å². The lowest BCUT2D eigenvalue weighted by atomic mass is 10.0. The van der Waals surface area contributed by atoms with Gasteiger partial charge in [-0.15, -0.1) is 0 Å². The van der Waals surface area contributed by atoms with Gasteiger partial charge >= 0.3 is 5.97 Å². The molecule has 0 aliphatic heterocycles. The monoisotopic (exact) mass is 1030 g/mol. The molecule has 2 atom stereocenters. The standard InChI is InChI=1S/C67H127NO5/c1-3-5-7-9-11-13-15-17-19-28-33-37-41-45-49-53-57-61-67(72)73-62-58-54-50-46-42-38-34-30-27-25-23-21-22-24-26-29-32-36-40-44-48-52-56-60-66(71)68-64(63-69)65(70)59-55-51-47-43-39-35-31-20-18-16-14-12-10-8-6-4-2/h11,13,17,19,24,26,64-65,69-70H,3-10,12,14-16,18,20-23,25,27-63H2,1-2H3,(H,68,71)/b13-11-,19-17-,26-24-. The topological polar surface area (TPSA) is 95.9 Å². The van der Waals surface area contributed by atoms with Crippen LogP contribution in [0.1, 0.15) is 354 Å². The summed E-state index contributed by atoms with van der Waals surface area (Å²) in [5, 5.41) is 23.3. The summed E-state index contributed by atoms with van der Waals surface area (Å²) in [6, 6.07) is -0.546. The minimum Gasteiger partial charge on any atom is -0.466 e. The van der Waals surface area contributed by atoms with Crippen molar-refractivity contribution in [1.29, 1.82) is 0 Å². The Bertz CT molecular complexity index is 1180. The van der Waals surface area contributed by atoms with Crippen molar-refractivity contribution < 1.29 is 24.5 Å². The quantitative estimate of drug-likeness (QED) is 0.0320. The fourth-order valence-corrected chi connectivity index (χ4v) is 10.1. The summed E-state index contributed by atoms with van der Waals surface area (Å²) >= 11 is 0. The van der Waals surface area contributed by atoms with E-state index in [0.717, 1.165) is 51.4 Å². The number of aliphatic hydroxyl groups is 2. The van der Waals surface area contributed by atoms with Crippen LogP contribution in [0.4, 0.5) is 0 Å². The van der Waals surface area contributed by atoms with Gasteiger partial charge in [0, 0.05) is 12.8 Å². The molecule has 0 aliphatic carbocycles. The number of unbranched alkanes of at least 4 members (excludes halogenated alkanes) is 44. The molecule has 0 spiro atoms. The van der Waals surface area contributed by atoms with Gasteiger partial charge in [-0.05, 0) is 83.5 Å². The molecule has 6 heteroatoms. The Hall–Kier alpha value is -1.92. The minimum absolute atomic E-state index is 0.00403. The van der Waals surface area contributed by atoms with Crippen LogP contribution in [-0.2, 0) is 14.3 Å². The number of aliphatic hydroxyl groups excluding tert-OH is 2. The second kappa shape index (κ2) is 62.6. The minimum atomic E-state index is -0.669. The molecular formula is C67H127NO5. The van der Waals surface area contributed by atoms with E-state index in [2.05, 4.69) is 55.6 Å². The lowest BCUT2D eigenvalue weighted by Crippen LogP contribution is -2.45. The van der Waals surface area contributed by atoms with Crippen molar-refractivity contribution in [3.8, 4) is 0 Å². The molecule has 2 unspecified atom stereocenters. The fourth-order valence-electron chi connectivity index (χ4n) is 10.1. The Morgan fingerprint density at radius 2 is 0.685 bits per heavy atom. The number of esters is 1. The van der Waals surface area contributed by atoms with E-state index in [1.54, 1.807) is 0 Å². The number of allylic oxidation sites excluding steroid dienone is 6. The average molecular weight is 1030 g/mol. The summed E-state index contributed by atoms with van der Waals surface area (Å²) < 4.78 is 5.49. The summed E-state index contributed by atoms with van der Waals surface area (Å²) in [6.07, 6.45) is 78.7. The first-order valence-corrected chi connectivity index (χ1v) is 32.7. The smallest absolute Gasteiger partial charge is 0.305 e. The van der Waals surface area contributed by atoms with Crippen molar-refractivity contribution in [2.45, 2.75) is 366 Å². The first-order chi connectivity index (χ1) is 36.0. The maximum Gasteiger partial charge on any atom is 0.305 e. The summed E-state index contributed by atoms with van der Waals surface area (Å²) in [5.74, 6) is -0.0353. The highest BCUT2D eigenvalue weighted by Gasteiger charge is 2.20. The number of rotatable bonds is 61. The van der Waals surface area contributed by atoms with Crippen molar-refractivity contribution in [2.75, 3.05) is 13.2 Å². The maximum absolute atomic E-state index is 12.5. The van der Waals surface area contributed by atoms with Gasteiger partial charge in [-0.1, -0.05) is 294 Å². The van der Waals surface area contributed by atoms with Gasteiger partial charge in [0.1, 0.15) is 0 Å². The van der Waals surface area contributed by atoms with Gasteiger partial charge in [-0.2, -0.15) is 0 Å². The molecule has 0 aromatic rings. The Morgan fingerprint density at radius 1 is 0.384 bits per heavy atom. The van der Waals surface area contributed by atoms with E-state index in [9.17, 15) is 19.8 Å². The van der Waals surface area contributed by atoms with E-state index in [0.29, 0.717) is 25.9 Å². The molecule has 0 fully saturated rings. The number of hydrogen-bond donors (Lipinski definition) is 3. The molecule has 0 aliphatic rings. The lowest BCUT2D eigenvalue weighted by Gasteiger charge is -2.22. The highest BCUT2D eigenvalue weighted by molar-refractivity contribution is 5.76. The van der Waals surface area contributed by atoms with E-state index < -0.39 is 12.1 Å². The molecule has 3 N–H and O–H groups in total. The van der Waals surface area contributed by atoms with Gasteiger partial charge in [0.25, 0.3) is 0 Å². The van der Waals surface area contributed by atoms with Crippen molar-refractivity contribution in [3.05, 3.63) is 36.5 Å². The SMILES string of the molecule is CCCCC/C=C\C/C=C\CCCCCCCCCC(=O)OCCCCCCCCCCCCCC/C=C\CCCCCCCCCC(=O)NC(CO)C(O)CCCCCCCCCCCCCCCCCC. The Morgan fingerprint density at radius 3 is 1.08 bits per heavy atom. The zero-order valence-corrected chi connectivity index (χ0v) is 49.1. The van der Waals surface area contributed by atoms with Gasteiger partial charge < -0.3 is 20.3 Å². The third-order valence-electron chi connectivity index (χ3n) is 15.2. The first-order valence-electron chi connectivity index (χ1n) is 32.7. The van der Waals surface area contributed by atoms with E-state index in [1.165, 1.54) is 270 Å². The largest absolute Gasteiger partial charge is 0.466 e. The predicted molar refractivity (Wildman–Crippen MR) is 319 cm³/mol. The average Bonchev–Trinajstić information content (AvgIpc) is 3.39. The zero-order chi connectivity index (χ0) is 52.9. The lowest BCUT2D eigenvalue weighted by molar-refractivity contribution is -0.143. The molecule has 430 valence electrons. The number of carbonyl (C=O) groups excluding carboxylic acids is 2. The Labute approximate surface area is 455 Å². The number of amides is 1. The molecule has 0 radical (unpaired) electrons. The van der Waals surface area contributed by atoms with Crippen molar-refractivity contribution >= 4 is 11.9 Å². The van der Waals surface area contributed by atoms with Crippen LogP contribution in [0.2, 0.25) is 0 Å². The second-order valence-corrected chi connectivity index (χ2v) is 22.4. The van der Waals surface area contributed by atoms with Crippen molar-refractivity contribution in [2.24, 2.45) is 0 Å². The number of nitrogens with one attached hydrogen (secondary N) is 1. The fraction of sp³-hybridized carbons (Fsp3) is 0.881. The van der Waals surface area contributed by atoms with Gasteiger partial charge in [0.05, 0.1) is 25.4 Å². The molecule has 0 saturated carbocycles. The van der Waals surface area contributed by atoms with E-state index in [1.807, 2.05) is 0 Å². The number of carbonyl (C=O) groups is 2. The van der Waals surface area contributed by atoms with E-state index in [-0.39, 0.29) is 18.5 Å². The van der Waals surface area contributed by atoms with Crippen LogP contribution < -0.4 is 5.32 Å². The predicted octanol–water partition coefficient (Wildman–Crippen LogP) is 20.8. The summed E-state index contributed by atoms with van der Waals surface area (Å²) in [4.78, 5) is 24.6. The third-order valence-corrected chi connectivity index (χ3v) is 15.2. The molecule has 1 amide bonds. The van der Waals surface area contributed by atoms with Crippen LogP contribution in [-0.4, -0.2) is 47.4 Å². The number of hydrogen-bond acceptors (Lipinski definition) is 5. The molecule has 0 aromatic heterocycles. The van der Waals surface area contributed by atoms with Crippen LogP contribution in [0.5, 0.6) is 0 Å². The molecule has 0 saturated heterocycles. The normalized spacial score (nSPS) is 12.8. The van der Waals surface area contributed by atoms with Gasteiger partial charge in [0.2, 0.25) is 5.91 Å². The summed E-state index contributed by atoms with van der Waals surface area (Å²) in [7, 11) is 0. The van der Waals surface area contributed by atoms with Gasteiger partial charge in [-0.3, -0.25) is 9.59 Å². The highest BCUT2D eigenvalue weighted by Crippen LogP contribution is 2.18. The van der Waals surface area contributed by atoms with Crippen LogP contribution in [0.3, 0.4) is 0 Å². The van der Waals surface area contributed by atoms with E-state index >= 15 is 0 Å². The van der Waals surface area contributed by atoms with Gasteiger partial charge in [0.15, 0.2) is 0 Å². The van der Waals surface area contributed by atoms with Crippen LogP contribution in [0.15, 0.2) is 36.5 Å². The molecule has 0 bridgehead atoms. The first kappa shape index (κ1) is 71.1. The summed E-state index contributed by atoms with van der Waals surface area (Å²) in [5.41, 5.74) is 0. The highest BCUT2D eigenvalue weighted by atomic mass is 16.5. The molecule has 73 heavy (non-hydrogen) atoms. The molecule has 0 rings (SSSR count). The van der Waals surface area contributed by atoms with Crippen LogP contribution >= 0.6 is 0 Å². The van der Waals surface area contributed by atoms with Crippen LogP contribution in [0.25, 0.3) is 0 Å². The zero-order valence-electron chi connectivity index (χ0n) is 49.1. The van der Waals surface area contributed by atoms with Gasteiger partial charge in [-0.25, -0.2) is 0 Å². The maximum atomic E-state index is 12.5. The molecule has 6 nitrogen and oxygen atoms in total. The number of ether oxygens (including phenoxy) is 1. The molecular weight excluding hydrogens is 899 g/mol. The second-order valence-electron chi connectivity index (χ2n) is 22.4. The molecule has 0 aromatic carbocycles. The Balaban J connectivity index is 3.40. The van der Waals surface area contributed by atoms with Crippen molar-refractivity contribution in [3.63, 3.8) is 0 Å². The van der Waals surface area contributed by atoms with Crippen LogP contribution in [0, 0.1) is 0 Å². The Kier molecular flexibility index (Phi) is 61.0. The molecule has 0 heterocycles.